The molecule has 3 N–H and O–H groups in total. The number of sulfonamides is 1. The van der Waals surface area contributed by atoms with Crippen molar-refractivity contribution in [1.82, 2.24) is 5.32 Å². The lowest BCUT2D eigenvalue weighted by molar-refractivity contribution is -0.143. The fourth-order valence-electron chi connectivity index (χ4n) is 2.23. The van der Waals surface area contributed by atoms with Crippen LogP contribution < -0.4 is 14.8 Å². The van der Waals surface area contributed by atoms with E-state index in [0.29, 0.717) is 0 Å². The summed E-state index contributed by atoms with van der Waals surface area (Å²) in [7, 11) is -4.25. The Morgan fingerprint density at radius 1 is 1.00 bits per heavy atom. The van der Waals surface area contributed by atoms with E-state index in [9.17, 15) is 22.8 Å². The zero-order valence-corrected chi connectivity index (χ0v) is 17.4. The first-order chi connectivity index (χ1) is 13.9. The Morgan fingerprint density at radius 3 is 2.23 bits per heavy atom. The van der Waals surface area contributed by atoms with Gasteiger partial charge in [-0.2, -0.15) is 0 Å². The zero-order valence-electron chi connectivity index (χ0n) is 16.6. The highest BCUT2D eigenvalue weighted by atomic mass is 32.2. The molecule has 160 valence electrons. The molecule has 30 heavy (non-hydrogen) atoms. The van der Waals surface area contributed by atoms with E-state index in [2.05, 4.69) is 10.0 Å². The van der Waals surface area contributed by atoms with Gasteiger partial charge in [-0.15, -0.1) is 0 Å². The van der Waals surface area contributed by atoms with Crippen molar-refractivity contribution in [1.29, 1.82) is 0 Å². The van der Waals surface area contributed by atoms with Crippen LogP contribution in [0.3, 0.4) is 0 Å². The van der Waals surface area contributed by atoms with Gasteiger partial charge >= 0.3 is 11.9 Å². The number of amides is 1. The van der Waals surface area contributed by atoms with E-state index in [1.54, 1.807) is 20.8 Å². The van der Waals surface area contributed by atoms with Gasteiger partial charge in [0.05, 0.1) is 16.7 Å². The second kappa shape index (κ2) is 8.95. The van der Waals surface area contributed by atoms with Crippen molar-refractivity contribution in [2.45, 2.75) is 25.7 Å². The van der Waals surface area contributed by atoms with Gasteiger partial charge in [0, 0.05) is 0 Å². The van der Waals surface area contributed by atoms with Crippen LogP contribution in [-0.4, -0.2) is 37.9 Å². The number of anilines is 1. The average molecular weight is 434 g/mol. The lowest BCUT2D eigenvalue weighted by atomic mass is 9.97. The molecule has 0 aliphatic carbocycles. The monoisotopic (exact) mass is 434 g/mol. The standard InChI is InChI=1S/C20H22N2O7S/c1-20(2,3)19(26)29-15-10-6-7-11-16(15)30(27,28)22-14-9-5-4-8-13(14)18(25)21-12-17(23)24/h4-11,22H,12H2,1-3H3,(H,21,25)(H,23,24). The summed E-state index contributed by atoms with van der Waals surface area (Å²) in [6.45, 7) is 4.29. The number of para-hydroxylation sites is 2. The first kappa shape index (κ1) is 22.9. The number of nitrogens with one attached hydrogen (secondary N) is 2. The van der Waals surface area contributed by atoms with Crippen LogP contribution in [0.2, 0.25) is 0 Å². The summed E-state index contributed by atoms with van der Waals surface area (Å²) in [5, 5.41) is 10.9. The van der Waals surface area contributed by atoms with E-state index >= 15 is 0 Å². The minimum absolute atomic E-state index is 0.0580. The van der Waals surface area contributed by atoms with Crippen LogP contribution in [0.25, 0.3) is 0 Å². The third-order valence-electron chi connectivity index (χ3n) is 3.77. The van der Waals surface area contributed by atoms with Crippen LogP contribution in [0.4, 0.5) is 5.69 Å². The van der Waals surface area contributed by atoms with Crippen LogP contribution in [0.5, 0.6) is 5.75 Å². The molecular weight excluding hydrogens is 412 g/mol. The molecule has 0 saturated carbocycles. The number of hydrogen-bond donors (Lipinski definition) is 3. The molecule has 0 unspecified atom stereocenters. The van der Waals surface area contributed by atoms with Crippen molar-refractivity contribution in [2.24, 2.45) is 5.41 Å². The largest absolute Gasteiger partial charge is 0.480 e. The van der Waals surface area contributed by atoms with E-state index < -0.39 is 39.8 Å². The molecule has 0 fully saturated rings. The molecule has 2 aromatic rings. The number of aliphatic carboxylic acids is 1. The first-order valence-electron chi connectivity index (χ1n) is 8.85. The Kier molecular flexibility index (Phi) is 6.83. The molecule has 1 amide bonds. The summed E-state index contributed by atoms with van der Waals surface area (Å²) in [4.78, 5) is 34.8. The quantitative estimate of drug-likeness (QED) is 0.449. The van der Waals surface area contributed by atoms with Gasteiger partial charge in [0.2, 0.25) is 0 Å². The molecule has 2 aromatic carbocycles. The number of ether oxygens (including phenoxy) is 1. The van der Waals surface area contributed by atoms with E-state index in [-0.39, 0.29) is 21.9 Å². The molecule has 0 aromatic heterocycles. The normalized spacial score (nSPS) is 11.4. The maximum absolute atomic E-state index is 13.0. The highest BCUT2D eigenvalue weighted by molar-refractivity contribution is 7.92. The maximum Gasteiger partial charge on any atom is 0.322 e. The SMILES string of the molecule is CC(C)(C)C(=O)Oc1ccccc1S(=O)(=O)Nc1ccccc1C(=O)NCC(=O)O. The average Bonchev–Trinajstić information content (AvgIpc) is 2.65. The minimum atomic E-state index is -4.25. The fourth-order valence-corrected chi connectivity index (χ4v) is 3.44. The summed E-state index contributed by atoms with van der Waals surface area (Å²) < 4.78 is 33.5. The van der Waals surface area contributed by atoms with E-state index in [1.165, 1.54) is 48.5 Å². The summed E-state index contributed by atoms with van der Waals surface area (Å²) >= 11 is 0. The molecular formula is C20H22N2O7S. The Labute approximate surface area is 174 Å². The van der Waals surface area contributed by atoms with E-state index in [0.717, 1.165) is 0 Å². The van der Waals surface area contributed by atoms with Crippen molar-refractivity contribution in [3.05, 3.63) is 54.1 Å². The van der Waals surface area contributed by atoms with Gasteiger partial charge in [0.25, 0.3) is 15.9 Å². The zero-order chi connectivity index (χ0) is 22.5. The van der Waals surface area contributed by atoms with Gasteiger partial charge in [-0.1, -0.05) is 24.3 Å². The molecule has 0 heterocycles. The van der Waals surface area contributed by atoms with Crippen molar-refractivity contribution in [2.75, 3.05) is 11.3 Å². The molecule has 9 nitrogen and oxygen atoms in total. The van der Waals surface area contributed by atoms with Gasteiger partial charge in [-0.3, -0.25) is 19.1 Å². The van der Waals surface area contributed by atoms with Crippen LogP contribution in [0.15, 0.2) is 53.4 Å². The van der Waals surface area contributed by atoms with Gasteiger partial charge in [0.1, 0.15) is 11.4 Å². The number of esters is 1. The number of carboxylic acid groups (broad SMARTS) is 1. The van der Waals surface area contributed by atoms with Gasteiger partial charge < -0.3 is 15.2 Å². The van der Waals surface area contributed by atoms with Crippen molar-refractivity contribution in [3.63, 3.8) is 0 Å². The summed E-state index contributed by atoms with van der Waals surface area (Å²) in [6.07, 6.45) is 0. The Morgan fingerprint density at radius 2 is 1.60 bits per heavy atom. The summed E-state index contributed by atoms with van der Waals surface area (Å²) in [5.74, 6) is -2.77. The minimum Gasteiger partial charge on any atom is -0.480 e. The number of benzene rings is 2. The van der Waals surface area contributed by atoms with Gasteiger partial charge in [-0.25, -0.2) is 8.42 Å². The Bertz CT molecular complexity index is 1070. The Hall–Kier alpha value is -3.40. The topological polar surface area (TPSA) is 139 Å². The number of carboxylic acids is 1. The molecule has 0 atom stereocenters. The summed E-state index contributed by atoms with van der Waals surface area (Å²) in [6, 6.07) is 11.3. The van der Waals surface area contributed by atoms with Gasteiger partial charge in [0.15, 0.2) is 5.75 Å². The number of rotatable bonds is 7. The lowest BCUT2D eigenvalue weighted by Gasteiger charge is -2.18. The molecule has 10 heteroatoms. The summed E-state index contributed by atoms with van der Waals surface area (Å²) in [5.41, 5.74) is -0.970. The first-order valence-corrected chi connectivity index (χ1v) is 10.3. The van der Waals surface area contributed by atoms with Crippen LogP contribution >= 0.6 is 0 Å². The molecule has 0 radical (unpaired) electrons. The third kappa shape index (κ3) is 5.80. The van der Waals surface area contributed by atoms with Crippen LogP contribution in [0, 0.1) is 5.41 Å². The van der Waals surface area contributed by atoms with Crippen molar-refractivity contribution < 1.29 is 32.6 Å². The molecule has 0 saturated heterocycles. The Balaban J connectivity index is 2.36. The molecule has 0 spiro atoms. The predicted octanol–water partition coefficient (Wildman–Crippen LogP) is 2.25. The van der Waals surface area contributed by atoms with E-state index in [1.807, 2.05) is 0 Å². The highest BCUT2D eigenvalue weighted by Crippen LogP contribution is 2.29. The van der Waals surface area contributed by atoms with Crippen molar-refractivity contribution >= 4 is 33.6 Å². The van der Waals surface area contributed by atoms with Crippen LogP contribution in [0.1, 0.15) is 31.1 Å². The molecule has 0 aliphatic rings. The van der Waals surface area contributed by atoms with Gasteiger partial charge in [-0.05, 0) is 45.0 Å². The smallest absolute Gasteiger partial charge is 0.322 e. The van der Waals surface area contributed by atoms with Crippen LogP contribution in [-0.2, 0) is 19.6 Å². The predicted molar refractivity (Wildman–Crippen MR) is 109 cm³/mol. The third-order valence-corrected chi connectivity index (χ3v) is 5.17. The fraction of sp³-hybridized carbons (Fsp3) is 0.250. The highest BCUT2D eigenvalue weighted by Gasteiger charge is 2.28. The second-order valence-corrected chi connectivity index (χ2v) is 8.96. The maximum atomic E-state index is 13.0. The molecule has 0 bridgehead atoms. The second-order valence-electron chi connectivity index (χ2n) is 7.31. The van der Waals surface area contributed by atoms with E-state index in [4.69, 9.17) is 9.84 Å². The molecule has 0 aliphatic heterocycles. The number of carbonyl (C=O) groups excluding carboxylic acids is 2. The number of carbonyl (C=O) groups is 3. The van der Waals surface area contributed by atoms with Crippen molar-refractivity contribution in [3.8, 4) is 5.75 Å². The lowest BCUT2D eigenvalue weighted by Crippen LogP contribution is -2.30. The molecule has 2 rings (SSSR count). The number of hydrogen-bond acceptors (Lipinski definition) is 6.